The minimum atomic E-state index is -0.939. The lowest BCUT2D eigenvalue weighted by Gasteiger charge is -2.43. The highest BCUT2D eigenvalue weighted by molar-refractivity contribution is 7.98. The number of nitrogens with zero attached hydrogens (tertiary/aromatic N) is 1. The van der Waals surface area contributed by atoms with Crippen molar-refractivity contribution in [3.05, 3.63) is 102 Å². The summed E-state index contributed by atoms with van der Waals surface area (Å²) >= 11 is 1.72. The molecule has 0 saturated carbocycles. The summed E-state index contributed by atoms with van der Waals surface area (Å²) in [6, 6.07) is 29.5. The summed E-state index contributed by atoms with van der Waals surface area (Å²) in [5, 5.41) is 17.1. The highest BCUT2D eigenvalue weighted by Gasteiger charge is 2.44. The molecule has 35 heavy (non-hydrogen) atoms. The molecule has 1 aliphatic heterocycles. The monoisotopic (exact) mass is 484 g/mol. The average molecular weight is 485 g/mol. The standard InChI is InChI=1S/C30H32N2O2S/c1-34-29-26(19-23-18-25(35-2)13-14-27(23)32-29)28(22-11-7-4-8-12-22)30(33)15-16-31-24(20-30)17-21-9-5-3-6-10-21/h3-14,18-19,24,28,31,33H,15-17,20H2,1-2H3. The van der Waals surface area contributed by atoms with Gasteiger partial charge in [0.25, 0.3) is 0 Å². The minimum absolute atomic E-state index is 0.185. The maximum atomic E-state index is 12.4. The van der Waals surface area contributed by atoms with E-state index in [1.807, 2.05) is 30.3 Å². The van der Waals surface area contributed by atoms with Crippen LogP contribution in [0.2, 0.25) is 0 Å². The number of fused-ring (bicyclic) bond motifs is 1. The molecule has 0 radical (unpaired) electrons. The minimum Gasteiger partial charge on any atom is -0.481 e. The molecule has 4 aromatic rings. The molecule has 0 aliphatic carbocycles. The lowest BCUT2D eigenvalue weighted by atomic mass is 9.70. The first kappa shape index (κ1) is 23.9. The van der Waals surface area contributed by atoms with Crippen molar-refractivity contribution in [2.45, 2.75) is 41.7 Å². The van der Waals surface area contributed by atoms with Crippen LogP contribution >= 0.6 is 11.8 Å². The number of rotatable bonds is 7. The van der Waals surface area contributed by atoms with Crippen LogP contribution in [0.5, 0.6) is 5.88 Å². The number of thioether (sulfide) groups is 1. The Bertz CT molecular complexity index is 1280. The molecule has 3 aromatic carbocycles. The van der Waals surface area contributed by atoms with Crippen LogP contribution in [0.25, 0.3) is 10.9 Å². The van der Waals surface area contributed by atoms with Gasteiger partial charge in [-0.3, -0.25) is 0 Å². The predicted octanol–water partition coefficient (Wildman–Crippen LogP) is 5.82. The Balaban J connectivity index is 1.59. The van der Waals surface area contributed by atoms with Gasteiger partial charge in [0.05, 0.1) is 18.2 Å². The molecule has 5 heteroatoms. The fourth-order valence-electron chi connectivity index (χ4n) is 5.47. The number of nitrogens with one attached hydrogen (secondary N) is 1. The van der Waals surface area contributed by atoms with E-state index in [4.69, 9.17) is 9.72 Å². The van der Waals surface area contributed by atoms with Crippen molar-refractivity contribution in [3.63, 3.8) is 0 Å². The summed E-state index contributed by atoms with van der Waals surface area (Å²) in [4.78, 5) is 6.06. The first-order valence-electron chi connectivity index (χ1n) is 12.2. The first-order chi connectivity index (χ1) is 17.1. The Morgan fingerprint density at radius 2 is 1.80 bits per heavy atom. The number of methoxy groups -OCH3 is 1. The molecule has 0 amide bonds. The van der Waals surface area contributed by atoms with Gasteiger partial charge >= 0.3 is 0 Å². The van der Waals surface area contributed by atoms with Gasteiger partial charge in [0.1, 0.15) is 0 Å². The van der Waals surface area contributed by atoms with Crippen molar-refractivity contribution >= 4 is 22.7 Å². The van der Waals surface area contributed by atoms with Gasteiger partial charge in [-0.05, 0) is 67.5 Å². The summed E-state index contributed by atoms with van der Waals surface area (Å²) in [5.74, 6) is 0.323. The largest absolute Gasteiger partial charge is 0.481 e. The van der Waals surface area contributed by atoms with E-state index in [0.717, 1.165) is 35.0 Å². The number of benzene rings is 3. The zero-order valence-electron chi connectivity index (χ0n) is 20.3. The van der Waals surface area contributed by atoms with E-state index < -0.39 is 5.60 Å². The molecular formula is C30H32N2O2S. The predicted molar refractivity (Wildman–Crippen MR) is 144 cm³/mol. The highest BCUT2D eigenvalue weighted by atomic mass is 32.2. The zero-order valence-corrected chi connectivity index (χ0v) is 21.1. The van der Waals surface area contributed by atoms with Crippen molar-refractivity contribution in [3.8, 4) is 5.88 Å². The molecule has 0 bridgehead atoms. The maximum absolute atomic E-state index is 12.4. The number of hydrogen-bond donors (Lipinski definition) is 2. The topological polar surface area (TPSA) is 54.4 Å². The molecule has 2 heterocycles. The van der Waals surface area contributed by atoms with Crippen LogP contribution in [-0.2, 0) is 6.42 Å². The molecule has 1 aliphatic rings. The summed E-state index contributed by atoms with van der Waals surface area (Å²) in [5.41, 5.74) is 3.25. The van der Waals surface area contributed by atoms with Gasteiger partial charge in [0, 0.05) is 27.8 Å². The van der Waals surface area contributed by atoms with E-state index in [0.29, 0.717) is 18.7 Å². The van der Waals surface area contributed by atoms with E-state index in [1.54, 1.807) is 18.9 Å². The zero-order chi connectivity index (χ0) is 24.3. The van der Waals surface area contributed by atoms with E-state index in [1.165, 1.54) is 10.5 Å². The summed E-state index contributed by atoms with van der Waals surface area (Å²) in [6.45, 7) is 0.761. The van der Waals surface area contributed by atoms with Crippen LogP contribution in [0.1, 0.15) is 35.4 Å². The number of hydrogen-bond acceptors (Lipinski definition) is 5. The Hall–Kier alpha value is -2.86. The van der Waals surface area contributed by atoms with E-state index in [2.05, 4.69) is 66.2 Å². The fraction of sp³-hybridized carbons (Fsp3) is 0.300. The number of ether oxygens (including phenoxy) is 1. The Morgan fingerprint density at radius 1 is 1.06 bits per heavy atom. The van der Waals surface area contributed by atoms with E-state index in [9.17, 15) is 5.11 Å². The second-order valence-corrected chi connectivity index (χ2v) is 10.3. The van der Waals surface area contributed by atoms with Crippen LogP contribution < -0.4 is 10.1 Å². The summed E-state index contributed by atoms with van der Waals surface area (Å²) in [6.07, 6.45) is 4.27. The third-order valence-corrected chi connectivity index (χ3v) is 7.83. The van der Waals surface area contributed by atoms with Gasteiger partial charge < -0.3 is 15.2 Å². The molecule has 180 valence electrons. The van der Waals surface area contributed by atoms with Crippen LogP contribution in [0, 0.1) is 0 Å². The molecule has 1 fully saturated rings. The van der Waals surface area contributed by atoms with Gasteiger partial charge in [-0.2, -0.15) is 0 Å². The van der Waals surface area contributed by atoms with Gasteiger partial charge in [-0.25, -0.2) is 4.98 Å². The molecular weight excluding hydrogens is 452 g/mol. The average Bonchev–Trinajstić information content (AvgIpc) is 2.89. The van der Waals surface area contributed by atoms with Crippen molar-refractivity contribution in [1.82, 2.24) is 10.3 Å². The second-order valence-electron chi connectivity index (χ2n) is 9.39. The number of pyridine rings is 1. The summed E-state index contributed by atoms with van der Waals surface area (Å²) < 4.78 is 5.83. The molecule has 1 saturated heterocycles. The fourth-order valence-corrected chi connectivity index (χ4v) is 5.92. The highest BCUT2D eigenvalue weighted by Crippen LogP contribution is 2.45. The number of piperidine rings is 1. The van der Waals surface area contributed by atoms with Gasteiger partial charge in [0.2, 0.25) is 5.88 Å². The molecule has 5 rings (SSSR count). The molecule has 1 aromatic heterocycles. The Labute approximate surface area is 211 Å². The van der Waals surface area contributed by atoms with Gasteiger partial charge in [-0.15, -0.1) is 11.8 Å². The molecule has 4 nitrogen and oxygen atoms in total. The van der Waals surface area contributed by atoms with Gasteiger partial charge in [0.15, 0.2) is 0 Å². The van der Waals surface area contributed by atoms with Gasteiger partial charge in [-0.1, -0.05) is 60.7 Å². The Morgan fingerprint density at radius 3 is 2.51 bits per heavy atom. The van der Waals surface area contributed by atoms with E-state index >= 15 is 0 Å². The van der Waals surface area contributed by atoms with Crippen molar-refractivity contribution in [2.75, 3.05) is 19.9 Å². The maximum Gasteiger partial charge on any atom is 0.217 e. The Kier molecular flexibility index (Phi) is 7.09. The lowest BCUT2D eigenvalue weighted by molar-refractivity contribution is -0.0191. The smallest absolute Gasteiger partial charge is 0.217 e. The van der Waals surface area contributed by atoms with Crippen LogP contribution in [-0.4, -0.2) is 41.6 Å². The van der Waals surface area contributed by atoms with Crippen molar-refractivity contribution in [1.29, 1.82) is 0 Å². The first-order valence-corrected chi connectivity index (χ1v) is 13.4. The van der Waals surface area contributed by atoms with Crippen LogP contribution in [0.4, 0.5) is 0 Å². The molecule has 3 unspecified atom stereocenters. The third kappa shape index (κ3) is 5.08. The lowest BCUT2D eigenvalue weighted by Crippen LogP contribution is -2.52. The van der Waals surface area contributed by atoms with Crippen LogP contribution in [0.3, 0.4) is 0 Å². The SMILES string of the molecule is COc1nc2ccc(SC)cc2cc1C(c1ccccc1)C1(O)CCNC(Cc2ccccc2)C1. The van der Waals surface area contributed by atoms with Crippen LogP contribution in [0.15, 0.2) is 89.8 Å². The number of aromatic nitrogens is 1. The molecule has 2 N–H and O–H groups in total. The van der Waals surface area contributed by atoms with Crippen molar-refractivity contribution in [2.24, 2.45) is 0 Å². The normalized spacial score (nSPS) is 21.1. The van der Waals surface area contributed by atoms with E-state index in [-0.39, 0.29) is 12.0 Å². The molecule has 0 spiro atoms. The number of aliphatic hydroxyl groups is 1. The summed E-state index contributed by atoms with van der Waals surface area (Å²) in [7, 11) is 1.67. The molecule has 3 atom stereocenters. The second kappa shape index (κ2) is 10.4. The van der Waals surface area contributed by atoms with Crippen molar-refractivity contribution < 1.29 is 9.84 Å². The quantitative estimate of drug-likeness (QED) is 0.324. The third-order valence-electron chi connectivity index (χ3n) is 7.10.